The number of thioether (sulfide) groups is 1. The Kier molecular flexibility index (Phi) is 3.58. The molecule has 0 bridgehead atoms. The summed E-state index contributed by atoms with van der Waals surface area (Å²) in [6.07, 6.45) is 0. The summed E-state index contributed by atoms with van der Waals surface area (Å²) in [5.41, 5.74) is 2.02. The molecule has 1 aliphatic heterocycles. The van der Waals surface area contributed by atoms with Gasteiger partial charge in [-0.1, -0.05) is 38.1 Å². The maximum Gasteiger partial charge on any atom is 0.0998 e. The minimum atomic E-state index is 0.646. The van der Waals surface area contributed by atoms with Gasteiger partial charge in [0.1, 0.15) is 0 Å². The van der Waals surface area contributed by atoms with Crippen LogP contribution in [-0.4, -0.2) is 23.6 Å². The highest BCUT2D eigenvalue weighted by molar-refractivity contribution is 8.00. The predicted octanol–water partition coefficient (Wildman–Crippen LogP) is 4.04. The Bertz CT molecular complexity index is 664. The van der Waals surface area contributed by atoms with E-state index in [2.05, 4.69) is 54.8 Å². The van der Waals surface area contributed by atoms with Gasteiger partial charge in [-0.2, -0.15) is 17.0 Å². The van der Waals surface area contributed by atoms with E-state index in [0.717, 1.165) is 24.0 Å². The van der Waals surface area contributed by atoms with Crippen molar-refractivity contribution < 1.29 is 0 Å². The Labute approximate surface area is 124 Å². The second-order valence-electron chi connectivity index (χ2n) is 5.45. The Balaban J connectivity index is 2.11. The predicted molar refractivity (Wildman–Crippen MR) is 87.4 cm³/mol. The zero-order valence-corrected chi connectivity index (χ0v) is 12.7. The van der Waals surface area contributed by atoms with Crippen molar-refractivity contribution in [3.8, 4) is 6.07 Å². The van der Waals surface area contributed by atoms with Crippen molar-refractivity contribution in [2.75, 3.05) is 18.0 Å². The Hall–Kier alpha value is -1.66. The summed E-state index contributed by atoms with van der Waals surface area (Å²) < 4.78 is 0. The van der Waals surface area contributed by atoms with Crippen LogP contribution < -0.4 is 4.90 Å². The standard InChI is InChI=1S/C17H18N2S/c1-12-10-19(11-13(2)20-12)17-8-7-14(9-18)15-5-3-4-6-16(15)17/h3-8,12-13H,10-11H2,1-2H3. The maximum absolute atomic E-state index is 9.25. The molecule has 2 aromatic carbocycles. The molecule has 1 saturated heterocycles. The minimum absolute atomic E-state index is 0.646. The summed E-state index contributed by atoms with van der Waals surface area (Å²) in [5.74, 6) is 0. The largest absolute Gasteiger partial charge is 0.369 e. The zero-order chi connectivity index (χ0) is 14.1. The van der Waals surface area contributed by atoms with Crippen LogP contribution in [-0.2, 0) is 0 Å². The zero-order valence-electron chi connectivity index (χ0n) is 11.8. The van der Waals surface area contributed by atoms with Crippen molar-refractivity contribution in [2.45, 2.75) is 24.3 Å². The van der Waals surface area contributed by atoms with Crippen LogP contribution in [0.2, 0.25) is 0 Å². The Morgan fingerprint density at radius 2 is 1.70 bits per heavy atom. The van der Waals surface area contributed by atoms with E-state index in [0.29, 0.717) is 10.5 Å². The van der Waals surface area contributed by atoms with E-state index < -0.39 is 0 Å². The van der Waals surface area contributed by atoms with Crippen LogP contribution in [0.25, 0.3) is 10.8 Å². The number of anilines is 1. The van der Waals surface area contributed by atoms with Crippen LogP contribution in [0.5, 0.6) is 0 Å². The van der Waals surface area contributed by atoms with E-state index in [-0.39, 0.29) is 0 Å². The second-order valence-corrected chi connectivity index (χ2v) is 7.33. The highest BCUT2D eigenvalue weighted by atomic mass is 32.2. The van der Waals surface area contributed by atoms with E-state index in [9.17, 15) is 5.26 Å². The lowest BCUT2D eigenvalue weighted by Gasteiger charge is -2.37. The molecule has 2 unspecified atom stereocenters. The Morgan fingerprint density at radius 3 is 2.35 bits per heavy atom. The fourth-order valence-electron chi connectivity index (χ4n) is 3.03. The van der Waals surface area contributed by atoms with Crippen molar-refractivity contribution in [1.82, 2.24) is 0 Å². The SMILES string of the molecule is CC1CN(c2ccc(C#N)c3ccccc23)CC(C)S1. The summed E-state index contributed by atoms with van der Waals surface area (Å²) >= 11 is 2.06. The monoisotopic (exact) mass is 282 g/mol. The quantitative estimate of drug-likeness (QED) is 0.790. The molecule has 102 valence electrons. The number of benzene rings is 2. The van der Waals surface area contributed by atoms with Gasteiger partial charge >= 0.3 is 0 Å². The summed E-state index contributed by atoms with van der Waals surface area (Å²) in [4.78, 5) is 2.47. The minimum Gasteiger partial charge on any atom is -0.369 e. The fourth-order valence-corrected chi connectivity index (χ4v) is 4.36. The molecule has 1 heterocycles. The molecule has 0 amide bonds. The van der Waals surface area contributed by atoms with Gasteiger partial charge in [0.2, 0.25) is 0 Å². The molecular formula is C17H18N2S. The van der Waals surface area contributed by atoms with Crippen LogP contribution in [0.3, 0.4) is 0 Å². The molecule has 2 aromatic rings. The van der Waals surface area contributed by atoms with E-state index in [1.54, 1.807) is 0 Å². The van der Waals surface area contributed by atoms with Gasteiger partial charge in [0, 0.05) is 40.0 Å². The number of hydrogen-bond donors (Lipinski definition) is 0. The van der Waals surface area contributed by atoms with Crippen molar-refractivity contribution in [1.29, 1.82) is 5.26 Å². The Morgan fingerprint density at radius 1 is 1.05 bits per heavy atom. The normalized spacial score (nSPS) is 22.8. The maximum atomic E-state index is 9.25. The van der Waals surface area contributed by atoms with Crippen molar-refractivity contribution >= 4 is 28.2 Å². The van der Waals surface area contributed by atoms with Crippen molar-refractivity contribution in [2.24, 2.45) is 0 Å². The highest BCUT2D eigenvalue weighted by Crippen LogP contribution is 2.34. The van der Waals surface area contributed by atoms with Gasteiger partial charge in [-0.15, -0.1) is 0 Å². The fraction of sp³-hybridized carbons (Fsp3) is 0.353. The first kappa shape index (κ1) is 13.3. The number of nitrogens with zero attached hydrogens (tertiary/aromatic N) is 2. The second kappa shape index (κ2) is 5.38. The summed E-state index contributed by atoms with van der Waals surface area (Å²) in [5, 5.41) is 12.8. The topological polar surface area (TPSA) is 27.0 Å². The van der Waals surface area contributed by atoms with E-state index in [1.165, 1.54) is 11.1 Å². The third kappa shape index (κ3) is 2.36. The van der Waals surface area contributed by atoms with Crippen LogP contribution in [0, 0.1) is 11.3 Å². The lowest BCUT2D eigenvalue weighted by molar-refractivity contribution is 0.730. The molecular weight excluding hydrogens is 264 g/mol. The van der Waals surface area contributed by atoms with Crippen LogP contribution in [0.4, 0.5) is 5.69 Å². The molecule has 3 rings (SSSR count). The lowest BCUT2D eigenvalue weighted by Crippen LogP contribution is -2.40. The third-order valence-electron chi connectivity index (χ3n) is 3.78. The number of nitriles is 1. The third-order valence-corrected chi connectivity index (χ3v) is 5.01. The molecule has 0 N–H and O–H groups in total. The van der Waals surface area contributed by atoms with Gasteiger partial charge < -0.3 is 4.90 Å². The molecule has 0 radical (unpaired) electrons. The summed E-state index contributed by atoms with van der Waals surface area (Å²) in [6.45, 7) is 6.73. The molecule has 20 heavy (non-hydrogen) atoms. The molecule has 0 aromatic heterocycles. The first-order chi connectivity index (χ1) is 9.69. The average Bonchev–Trinajstić information content (AvgIpc) is 2.45. The van der Waals surface area contributed by atoms with Gasteiger partial charge in [-0.3, -0.25) is 0 Å². The van der Waals surface area contributed by atoms with E-state index >= 15 is 0 Å². The van der Waals surface area contributed by atoms with Crippen LogP contribution in [0.1, 0.15) is 19.4 Å². The highest BCUT2D eigenvalue weighted by Gasteiger charge is 2.23. The number of fused-ring (bicyclic) bond motifs is 1. The molecule has 2 atom stereocenters. The van der Waals surface area contributed by atoms with E-state index in [1.807, 2.05) is 18.2 Å². The number of hydrogen-bond acceptors (Lipinski definition) is 3. The number of rotatable bonds is 1. The van der Waals surface area contributed by atoms with Gasteiger partial charge in [0.15, 0.2) is 0 Å². The average molecular weight is 282 g/mol. The van der Waals surface area contributed by atoms with Gasteiger partial charge in [-0.25, -0.2) is 0 Å². The van der Waals surface area contributed by atoms with Crippen molar-refractivity contribution in [3.63, 3.8) is 0 Å². The van der Waals surface area contributed by atoms with Gasteiger partial charge in [-0.05, 0) is 12.1 Å². The van der Waals surface area contributed by atoms with Crippen LogP contribution in [0.15, 0.2) is 36.4 Å². The molecule has 2 nitrogen and oxygen atoms in total. The van der Waals surface area contributed by atoms with Crippen molar-refractivity contribution in [3.05, 3.63) is 42.0 Å². The summed E-state index contributed by atoms with van der Waals surface area (Å²) in [7, 11) is 0. The van der Waals surface area contributed by atoms with E-state index in [4.69, 9.17) is 0 Å². The molecule has 1 fully saturated rings. The first-order valence-corrected chi connectivity index (χ1v) is 7.95. The smallest absolute Gasteiger partial charge is 0.0998 e. The molecule has 0 aliphatic carbocycles. The molecule has 0 saturated carbocycles. The first-order valence-electron chi connectivity index (χ1n) is 7.01. The molecule has 0 spiro atoms. The van der Waals surface area contributed by atoms with Crippen LogP contribution >= 0.6 is 11.8 Å². The van der Waals surface area contributed by atoms with Gasteiger partial charge in [0.05, 0.1) is 11.6 Å². The summed E-state index contributed by atoms with van der Waals surface area (Å²) in [6, 6.07) is 14.6. The molecule has 3 heteroatoms. The lowest BCUT2D eigenvalue weighted by atomic mass is 10.0. The molecule has 1 aliphatic rings. The van der Waals surface area contributed by atoms with Gasteiger partial charge in [0.25, 0.3) is 0 Å².